The summed E-state index contributed by atoms with van der Waals surface area (Å²) in [5, 5.41) is 7.62. The van der Waals surface area contributed by atoms with E-state index in [2.05, 4.69) is 155 Å². The van der Waals surface area contributed by atoms with Crippen LogP contribution in [0.25, 0.3) is 54.6 Å². The summed E-state index contributed by atoms with van der Waals surface area (Å²) in [7, 11) is 0. The van der Waals surface area contributed by atoms with E-state index in [0.717, 1.165) is 5.84 Å². The van der Waals surface area contributed by atoms with Gasteiger partial charge in [-0.15, -0.1) is 0 Å². The number of fused-ring (bicyclic) bond motifs is 3. The predicted molar refractivity (Wildman–Crippen MR) is 174 cm³/mol. The molecule has 1 heterocycles. The minimum Gasteiger partial charge on any atom is -0.322 e. The number of anilines is 1. The molecule has 6 aromatic rings. The Morgan fingerprint density at radius 3 is 1.60 bits per heavy atom. The van der Waals surface area contributed by atoms with Crippen LogP contribution in [0.1, 0.15) is 34.6 Å². The van der Waals surface area contributed by atoms with Crippen molar-refractivity contribution in [3.05, 3.63) is 115 Å². The van der Waals surface area contributed by atoms with Crippen LogP contribution in [0.5, 0.6) is 0 Å². The molecule has 1 aliphatic heterocycles. The molecule has 7 rings (SSSR count). The molecule has 0 amide bonds. The molecule has 0 atom stereocenters. The van der Waals surface area contributed by atoms with Crippen molar-refractivity contribution in [1.29, 1.82) is 0 Å². The Balaban J connectivity index is 1.50. The van der Waals surface area contributed by atoms with Gasteiger partial charge in [-0.1, -0.05) is 97.1 Å². The van der Waals surface area contributed by atoms with E-state index in [9.17, 15) is 0 Å². The molecule has 0 aliphatic carbocycles. The molecule has 0 fully saturated rings. The molecular weight excluding hydrogens is 484 g/mol. The van der Waals surface area contributed by atoms with Gasteiger partial charge in [-0.2, -0.15) is 0 Å². The fourth-order valence-electron chi connectivity index (χ4n) is 6.67. The summed E-state index contributed by atoms with van der Waals surface area (Å²) < 4.78 is 0. The molecule has 1 aliphatic rings. The first-order valence-electron chi connectivity index (χ1n) is 14.2. The van der Waals surface area contributed by atoms with Crippen molar-refractivity contribution in [3.63, 3.8) is 0 Å². The highest BCUT2D eigenvalue weighted by molar-refractivity contribution is 6.22. The fraction of sp³-hybridized carbons (Fsp3) is 0.184. The van der Waals surface area contributed by atoms with Gasteiger partial charge in [0.1, 0.15) is 5.84 Å². The molecule has 6 aromatic carbocycles. The van der Waals surface area contributed by atoms with Gasteiger partial charge in [0.05, 0.1) is 11.1 Å². The van der Waals surface area contributed by atoms with Crippen molar-refractivity contribution in [2.75, 3.05) is 4.90 Å². The van der Waals surface area contributed by atoms with E-state index in [1.165, 1.54) is 60.3 Å². The van der Waals surface area contributed by atoms with Crippen molar-refractivity contribution in [3.8, 4) is 22.3 Å². The number of hydrogen-bond acceptors (Lipinski definition) is 2. The maximum Gasteiger partial charge on any atom is 0.102 e. The Kier molecular flexibility index (Phi) is 5.41. The number of benzene rings is 6. The maximum absolute atomic E-state index is 5.04. The highest BCUT2D eigenvalue weighted by Gasteiger charge is 2.48. The van der Waals surface area contributed by atoms with Gasteiger partial charge in [0.25, 0.3) is 0 Å². The lowest BCUT2D eigenvalue weighted by atomic mass is 9.82. The van der Waals surface area contributed by atoms with Crippen molar-refractivity contribution in [2.24, 2.45) is 4.99 Å². The van der Waals surface area contributed by atoms with Crippen LogP contribution in [0.2, 0.25) is 0 Å². The van der Waals surface area contributed by atoms with E-state index < -0.39 is 0 Å². The minimum absolute atomic E-state index is 0.139. The monoisotopic (exact) mass is 518 g/mol. The largest absolute Gasteiger partial charge is 0.322 e. The summed E-state index contributed by atoms with van der Waals surface area (Å²) in [6.07, 6.45) is 0. The summed E-state index contributed by atoms with van der Waals surface area (Å²) in [5.41, 5.74) is 5.92. The van der Waals surface area contributed by atoms with Crippen LogP contribution in [0.3, 0.4) is 0 Å². The van der Waals surface area contributed by atoms with Gasteiger partial charge in [0.15, 0.2) is 0 Å². The Morgan fingerprint density at radius 1 is 0.525 bits per heavy atom. The molecule has 0 saturated carbocycles. The Morgan fingerprint density at radius 2 is 1.05 bits per heavy atom. The lowest BCUT2D eigenvalue weighted by Crippen LogP contribution is -2.53. The molecule has 2 nitrogen and oxygen atoms in total. The zero-order chi connectivity index (χ0) is 27.6. The van der Waals surface area contributed by atoms with Gasteiger partial charge in [-0.3, -0.25) is 4.99 Å². The van der Waals surface area contributed by atoms with Crippen LogP contribution in [0.4, 0.5) is 5.69 Å². The van der Waals surface area contributed by atoms with Gasteiger partial charge < -0.3 is 4.90 Å². The van der Waals surface area contributed by atoms with Crippen LogP contribution in [0, 0.1) is 0 Å². The third-order valence-corrected chi connectivity index (χ3v) is 9.18. The SMILES string of the molecule is CC1=NC(C)(C)C(C)(C)N1c1cccc(-c2c3ccccc3c(-c3ccc4ccccc4c3)c3ccccc23)c1. The molecule has 0 unspecified atom stereocenters. The van der Waals surface area contributed by atoms with Gasteiger partial charge in [-0.05, 0) is 107 Å². The highest BCUT2D eigenvalue weighted by Crippen LogP contribution is 2.46. The van der Waals surface area contributed by atoms with Crippen molar-refractivity contribution < 1.29 is 0 Å². The average Bonchev–Trinajstić information content (AvgIpc) is 3.12. The smallest absolute Gasteiger partial charge is 0.102 e. The Hall–Kier alpha value is -4.43. The lowest BCUT2D eigenvalue weighted by Gasteiger charge is -2.41. The molecule has 0 N–H and O–H groups in total. The first kappa shape index (κ1) is 24.6. The number of rotatable bonds is 3. The molecule has 0 spiro atoms. The molecule has 0 bridgehead atoms. The standard InChI is InChI=1S/C38H34N2/c1-25-39-37(2,3)38(4,5)40(25)30-16-12-15-28(24-30)35-31-17-8-10-19-33(31)36(34-20-11-9-18-32(34)35)29-22-21-26-13-6-7-14-27(26)23-29/h6-24H,1-5H3. The molecule has 40 heavy (non-hydrogen) atoms. The van der Waals surface area contributed by atoms with E-state index in [1.807, 2.05) is 0 Å². The quantitative estimate of drug-likeness (QED) is 0.213. The molecule has 0 radical (unpaired) electrons. The predicted octanol–water partition coefficient (Wildman–Crippen LogP) is 10.3. The van der Waals surface area contributed by atoms with E-state index in [4.69, 9.17) is 4.99 Å². The topological polar surface area (TPSA) is 15.6 Å². The Bertz CT molecular complexity index is 1920. The maximum atomic E-state index is 5.04. The van der Waals surface area contributed by atoms with Gasteiger partial charge in [0.2, 0.25) is 0 Å². The normalized spacial score (nSPS) is 16.1. The van der Waals surface area contributed by atoms with Crippen molar-refractivity contribution in [1.82, 2.24) is 0 Å². The van der Waals surface area contributed by atoms with Crippen LogP contribution in [-0.2, 0) is 0 Å². The van der Waals surface area contributed by atoms with Gasteiger partial charge >= 0.3 is 0 Å². The lowest BCUT2D eigenvalue weighted by molar-refractivity contribution is 0.338. The molecule has 0 aromatic heterocycles. The Labute approximate surface area is 236 Å². The van der Waals surface area contributed by atoms with Crippen molar-refractivity contribution >= 4 is 43.8 Å². The first-order chi connectivity index (χ1) is 19.3. The van der Waals surface area contributed by atoms with E-state index in [0.29, 0.717) is 0 Å². The summed E-state index contributed by atoms with van der Waals surface area (Å²) in [6, 6.07) is 42.3. The van der Waals surface area contributed by atoms with Crippen LogP contribution in [0.15, 0.2) is 120 Å². The fourth-order valence-corrected chi connectivity index (χ4v) is 6.67. The van der Waals surface area contributed by atoms with Crippen LogP contribution in [-0.4, -0.2) is 16.9 Å². The highest BCUT2D eigenvalue weighted by atomic mass is 15.3. The molecule has 0 saturated heterocycles. The first-order valence-corrected chi connectivity index (χ1v) is 14.2. The van der Waals surface area contributed by atoms with Crippen LogP contribution >= 0.6 is 0 Å². The second-order valence-electron chi connectivity index (χ2n) is 12.1. The van der Waals surface area contributed by atoms with Crippen LogP contribution < -0.4 is 4.90 Å². The summed E-state index contributed by atoms with van der Waals surface area (Å²) in [4.78, 5) is 7.45. The number of nitrogens with zero attached hydrogens (tertiary/aromatic N) is 2. The minimum atomic E-state index is -0.173. The van der Waals surface area contributed by atoms with Crippen molar-refractivity contribution in [2.45, 2.75) is 45.7 Å². The summed E-state index contributed by atoms with van der Waals surface area (Å²) in [6.45, 7) is 11.2. The van der Waals surface area contributed by atoms with E-state index in [1.54, 1.807) is 0 Å². The number of hydrogen-bond donors (Lipinski definition) is 0. The van der Waals surface area contributed by atoms with E-state index >= 15 is 0 Å². The van der Waals surface area contributed by atoms with Gasteiger partial charge in [0, 0.05) is 5.69 Å². The molecule has 196 valence electrons. The number of amidine groups is 1. The summed E-state index contributed by atoms with van der Waals surface area (Å²) in [5.74, 6) is 1.06. The third kappa shape index (κ3) is 3.59. The second-order valence-corrected chi connectivity index (χ2v) is 12.1. The average molecular weight is 519 g/mol. The van der Waals surface area contributed by atoms with E-state index in [-0.39, 0.29) is 11.1 Å². The third-order valence-electron chi connectivity index (χ3n) is 9.18. The van der Waals surface area contributed by atoms with Gasteiger partial charge in [-0.25, -0.2) is 0 Å². The molecule has 2 heteroatoms. The zero-order valence-electron chi connectivity index (χ0n) is 23.9. The summed E-state index contributed by atoms with van der Waals surface area (Å²) >= 11 is 0. The number of aliphatic imine (C=N–C) groups is 1. The zero-order valence-corrected chi connectivity index (χ0v) is 23.9. The molecular formula is C38H34N2. The second kappa shape index (κ2) is 8.79.